The standard InChI is InChI=1S/C16H16ClFO2/c1-16(19,12-4-3-5-14(9-12)20-2)10-11-8-13(18)6-7-15(11)17/h3-9,19H,10H2,1-2H3. The van der Waals surface area contributed by atoms with E-state index in [1.807, 2.05) is 0 Å². The van der Waals surface area contributed by atoms with Crippen LogP contribution in [-0.4, -0.2) is 12.2 Å². The van der Waals surface area contributed by atoms with Crippen LogP contribution < -0.4 is 4.74 Å². The molecule has 0 radical (unpaired) electrons. The van der Waals surface area contributed by atoms with Crippen LogP contribution in [0.2, 0.25) is 5.02 Å². The van der Waals surface area contributed by atoms with E-state index in [0.717, 1.165) is 0 Å². The molecular weight excluding hydrogens is 279 g/mol. The zero-order valence-electron chi connectivity index (χ0n) is 11.4. The topological polar surface area (TPSA) is 29.5 Å². The Bertz CT molecular complexity index is 611. The first-order valence-corrected chi connectivity index (χ1v) is 6.61. The molecule has 0 amide bonds. The summed E-state index contributed by atoms with van der Waals surface area (Å²) in [6.07, 6.45) is 0.219. The third kappa shape index (κ3) is 3.30. The molecule has 0 aliphatic heterocycles. The molecule has 0 fully saturated rings. The van der Waals surface area contributed by atoms with Gasteiger partial charge in [0.15, 0.2) is 0 Å². The van der Waals surface area contributed by atoms with Gasteiger partial charge in [-0.15, -0.1) is 0 Å². The average Bonchev–Trinajstić information content (AvgIpc) is 2.43. The molecule has 2 nitrogen and oxygen atoms in total. The highest BCUT2D eigenvalue weighted by molar-refractivity contribution is 6.31. The SMILES string of the molecule is COc1cccc(C(C)(O)Cc2cc(F)ccc2Cl)c1. The second-order valence-electron chi connectivity index (χ2n) is 4.92. The smallest absolute Gasteiger partial charge is 0.123 e. The van der Waals surface area contributed by atoms with Crippen molar-refractivity contribution in [2.24, 2.45) is 0 Å². The second-order valence-corrected chi connectivity index (χ2v) is 5.33. The van der Waals surface area contributed by atoms with Gasteiger partial charge in [-0.2, -0.15) is 0 Å². The Hall–Kier alpha value is -1.58. The fraction of sp³-hybridized carbons (Fsp3) is 0.250. The Morgan fingerprint density at radius 3 is 2.70 bits per heavy atom. The first-order valence-electron chi connectivity index (χ1n) is 6.23. The van der Waals surface area contributed by atoms with E-state index < -0.39 is 5.60 Å². The molecule has 106 valence electrons. The second kappa shape index (κ2) is 5.81. The summed E-state index contributed by atoms with van der Waals surface area (Å²) in [7, 11) is 1.57. The van der Waals surface area contributed by atoms with Crippen molar-refractivity contribution in [3.8, 4) is 5.75 Å². The van der Waals surface area contributed by atoms with Crippen LogP contribution in [0.4, 0.5) is 4.39 Å². The molecule has 1 atom stereocenters. The van der Waals surface area contributed by atoms with E-state index in [9.17, 15) is 9.50 Å². The van der Waals surface area contributed by atoms with E-state index in [4.69, 9.17) is 16.3 Å². The minimum atomic E-state index is -1.16. The largest absolute Gasteiger partial charge is 0.497 e. The van der Waals surface area contributed by atoms with Crippen molar-refractivity contribution >= 4 is 11.6 Å². The Kier molecular flexibility index (Phi) is 4.31. The summed E-state index contributed by atoms with van der Waals surface area (Å²) >= 11 is 6.05. The molecule has 2 aromatic carbocycles. The lowest BCUT2D eigenvalue weighted by molar-refractivity contribution is 0.0573. The van der Waals surface area contributed by atoms with E-state index >= 15 is 0 Å². The summed E-state index contributed by atoms with van der Waals surface area (Å²) in [4.78, 5) is 0. The van der Waals surface area contributed by atoms with Crippen molar-refractivity contribution < 1.29 is 14.2 Å². The van der Waals surface area contributed by atoms with Crippen molar-refractivity contribution in [1.82, 2.24) is 0 Å². The third-order valence-corrected chi connectivity index (χ3v) is 3.60. The van der Waals surface area contributed by atoms with Gasteiger partial charge in [-0.1, -0.05) is 23.7 Å². The number of ether oxygens (including phenoxy) is 1. The molecule has 0 bridgehead atoms. The van der Waals surface area contributed by atoms with Crippen LogP contribution >= 0.6 is 11.6 Å². The minimum absolute atomic E-state index is 0.219. The zero-order chi connectivity index (χ0) is 14.8. The highest BCUT2D eigenvalue weighted by Gasteiger charge is 2.25. The number of aliphatic hydroxyl groups is 1. The van der Waals surface area contributed by atoms with Crippen molar-refractivity contribution in [3.05, 3.63) is 64.4 Å². The predicted octanol–water partition coefficient (Wildman–Crippen LogP) is 3.94. The van der Waals surface area contributed by atoms with Crippen LogP contribution in [0, 0.1) is 5.82 Å². The average molecular weight is 295 g/mol. The molecule has 20 heavy (non-hydrogen) atoms. The van der Waals surface area contributed by atoms with Crippen LogP contribution in [0.3, 0.4) is 0 Å². The summed E-state index contributed by atoms with van der Waals surface area (Å²) in [5, 5.41) is 11.1. The van der Waals surface area contributed by atoms with Gasteiger partial charge < -0.3 is 9.84 Å². The van der Waals surface area contributed by atoms with E-state index in [0.29, 0.717) is 21.9 Å². The summed E-state index contributed by atoms with van der Waals surface area (Å²) in [6.45, 7) is 1.67. The van der Waals surface area contributed by atoms with Crippen LogP contribution in [0.5, 0.6) is 5.75 Å². The van der Waals surface area contributed by atoms with Crippen LogP contribution in [-0.2, 0) is 12.0 Å². The molecule has 1 unspecified atom stereocenters. The monoisotopic (exact) mass is 294 g/mol. The summed E-state index contributed by atoms with van der Waals surface area (Å²) in [5.41, 5.74) is 0.100. The minimum Gasteiger partial charge on any atom is -0.497 e. The van der Waals surface area contributed by atoms with E-state index in [1.165, 1.54) is 18.2 Å². The Labute approximate surface area is 122 Å². The van der Waals surface area contributed by atoms with Gasteiger partial charge in [-0.05, 0) is 48.4 Å². The number of hydrogen-bond donors (Lipinski definition) is 1. The number of methoxy groups -OCH3 is 1. The quantitative estimate of drug-likeness (QED) is 0.925. The van der Waals surface area contributed by atoms with Gasteiger partial charge in [0.05, 0.1) is 12.7 Å². The van der Waals surface area contributed by atoms with Crippen molar-refractivity contribution in [2.75, 3.05) is 7.11 Å². The third-order valence-electron chi connectivity index (χ3n) is 3.23. The maximum absolute atomic E-state index is 13.3. The molecule has 0 aliphatic carbocycles. The van der Waals surface area contributed by atoms with Crippen molar-refractivity contribution in [1.29, 1.82) is 0 Å². The number of benzene rings is 2. The molecule has 4 heteroatoms. The lowest BCUT2D eigenvalue weighted by Crippen LogP contribution is -2.24. The van der Waals surface area contributed by atoms with Gasteiger partial charge in [0, 0.05) is 11.4 Å². The van der Waals surface area contributed by atoms with Crippen molar-refractivity contribution in [3.63, 3.8) is 0 Å². The zero-order valence-corrected chi connectivity index (χ0v) is 12.1. The van der Waals surface area contributed by atoms with Gasteiger partial charge in [0.1, 0.15) is 11.6 Å². The Morgan fingerprint density at radius 2 is 2.00 bits per heavy atom. The van der Waals surface area contributed by atoms with Gasteiger partial charge in [-0.3, -0.25) is 0 Å². The molecule has 0 aliphatic rings. The first kappa shape index (κ1) is 14.8. The predicted molar refractivity (Wildman–Crippen MR) is 77.7 cm³/mol. The van der Waals surface area contributed by atoms with Crippen LogP contribution in [0.25, 0.3) is 0 Å². The molecule has 0 spiro atoms. The fourth-order valence-corrected chi connectivity index (χ4v) is 2.29. The van der Waals surface area contributed by atoms with E-state index in [2.05, 4.69) is 0 Å². The lowest BCUT2D eigenvalue weighted by atomic mass is 9.89. The molecule has 0 aromatic heterocycles. The summed E-state index contributed by atoms with van der Waals surface area (Å²) in [6, 6.07) is 11.3. The summed E-state index contributed by atoms with van der Waals surface area (Å²) < 4.78 is 18.4. The number of halogens is 2. The molecular formula is C16H16ClFO2. The van der Waals surface area contributed by atoms with E-state index in [-0.39, 0.29) is 12.2 Å². The van der Waals surface area contributed by atoms with Gasteiger partial charge in [0.2, 0.25) is 0 Å². The fourth-order valence-electron chi connectivity index (χ4n) is 2.11. The van der Waals surface area contributed by atoms with Crippen LogP contribution in [0.15, 0.2) is 42.5 Å². The van der Waals surface area contributed by atoms with Gasteiger partial charge >= 0.3 is 0 Å². The molecule has 2 aromatic rings. The van der Waals surface area contributed by atoms with Gasteiger partial charge in [0.25, 0.3) is 0 Å². The molecule has 0 saturated carbocycles. The molecule has 1 N–H and O–H groups in total. The number of rotatable bonds is 4. The summed E-state index contributed by atoms with van der Waals surface area (Å²) in [5.74, 6) is 0.291. The first-order chi connectivity index (χ1) is 9.42. The Morgan fingerprint density at radius 1 is 1.25 bits per heavy atom. The molecule has 0 saturated heterocycles. The van der Waals surface area contributed by atoms with Crippen LogP contribution in [0.1, 0.15) is 18.1 Å². The van der Waals surface area contributed by atoms with Crippen molar-refractivity contribution in [2.45, 2.75) is 18.9 Å². The molecule has 2 rings (SSSR count). The Balaban J connectivity index is 2.32. The highest BCUT2D eigenvalue weighted by atomic mass is 35.5. The van der Waals surface area contributed by atoms with E-state index in [1.54, 1.807) is 38.3 Å². The van der Waals surface area contributed by atoms with Gasteiger partial charge in [-0.25, -0.2) is 4.39 Å². The lowest BCUT2D eigenvalue weighted by Gasteiger charge is -2.25. The maximum Gasteiger partial charge on any atom is 0.123 e. The molecule has 0 heterocycles. The number of hydrogen-bond acceptors (Lipinski definition) is 2. The normalized spacial score (nSPS) is 13.8. The maximum atomic E-state index is 13.3. The highest BCUT2D eigenvalue weighted by Crippen LogP contribution is 2.30.